The zero-order valence-electron chi connectivity index (χ0n) is 7.83. The lowest BCUT2D eigenvalue weighted by Gasteiger charge is -1.98. The lowest BCUT2D eigenvalue weighted by Crippen LogP contribution is -2.25. The molecule has 1 heterocycles. The molecular weight excluding hydrogens is 204 g/mol. The van der Waals surface area contributed by atoms with E-state index in [9.17, 15) is 13.8 Å². The maximum Gasteiger partial charge on any atom is 0.325 e. The Morgan fingerprint density at radius 1 is 1.43 bits per heavy atom. The molecule has 78 valence electrons. The molecule has 0 amide bonds. The quantitative estimate of drug-likeness (QED) is 0.741. The third-order valence-electron chi connectivity index (χ3n) is 1.71. The molecule has 5 nitrogen and oxygen atoms in total. The van der Waals surface area contributed by atoms with Crippen molar-refractivity contribution in [2.75, 3.05) is 5.75 Å². The van der Waals surface area contributed by atoms with Gasteiger partial charge in [0.1, 0.15) is 4.90 Å². The lowest BCUT2D eigenvalue weighted by atomic mass is 10.4. The van der Waals surface area contributed by atoms with E-state index < -0.39 is 22.0 Å². The minimum atomic E-state index is -1.32. The van der Waals surface area contributed by atoms with Crippen LogP contribution in [-0.2, 0) is 10.8 Å². The van der Waals surface area contributed by atoms with Gasteiger partial charge in [0.2, 0.25) is 0 Å². The second kappa shape index (κ2) is 4.90. The number of hydrogen-bond acceptors (Lipinski definition) is 3. The third kappa shape index (κ3) is 2.66. The highest BCUT2D eigenvalue weighted by Crippen LogP contribution is 1.99. The van der Waals surface area contributed by atoms with Crippen molar-refractivity contribution in [2.45, 2.75) is 24.7 Å². The fourth-order valence-corrected chi connectivity index (χ4v) is 2.17. The van der Waals surface area contributed by atoms with E-state index in [0.29, 0.717) is 5.75 Å². The molecule has 1 atom stereocenters. The molecule has 6 heteroatoms. The predicted octanol–water partition coefficient (Wildman–Crippen LogP) is -0.0291. The molecule has 0 radical (unpaired) electrons. The first-order valence-electron chi connectivity index (χ1n) is 4.35. The van der Waals surface area contributed by atoms with Crippen molar-refractivity contribution < 1.29 is 4.21 Å². The lowest BCUT2D eigenvalue weighted by molar-refractivity contribution is 0.677. The summed E-state index contributed by atoms with van der Waals surface area (Å²) in [4.78, 5) is 26.3. The Labute approximate surface area is 83.0 Å². The van der Waals surface area contributed by atoms with Crippen molar-refractivity contribution in [2.24, 2.45) is 0 Å². The highest BCUT2D eigenvalue weighted by Gasteiger charge is 2.07. The van der Waals surface area contributed by atoms with E-state index in [2.05, 4.69) is 4.98 Å². The van der Waals surface area contributed by atoms with Crippen LogP contribution in [0.2, 0.25) is 0 Å². The van der Waals surface area contributed by atoms with Gasteiger partial charge in [0, 0.05) is 11.9 Å². The number of unbranched alkanes of at least 4 members (excludes halogenated alkanes) is 1. The van der Waals surface area contributed by atoms with Crippen LogP contribution >= 0.6 is 0 Å². The van der Waals surface area contributed by atoms with Gasteiger partial charge in [-0.3, -0.25) is 14.0 Å². The molecule has 0 saturated carbocycles. The van der Waals surface area contributed by atoms with Gasteiger partial charge in [0.15, 0.2) is 0 Å². The minimum absolute atomic E-state index is 0.137. The van der Waals surface area contributed by atoms with Crippen LogP contribution in [0.25, 0.3) is 0 Å². The Morgan fingerprint density at radius 3 is 2.71 bits per heavy atom. The summed E-state index contributed by atoms with van der Waals surface area (Å²) < 4.78 is 11.5. The largest absolute Gasteiger partial charge is 0.325 e. The molecule has 0 saturated heterocycles. The zero-order valence-corrected chi connectivity index (χ0v) is 8.65. The van der Waals surface area contributed by atoms with Crippen LogP contribution in [0.3, 0.4) is 0 Å². The van der Waals surface area contributed by atoms with Crippen LogP contribution in [0.15, 0.2) is 20.7 Å². The summed E-state index contributed by atoms with van der Waals surface area (Å²) in [5.74, 6) is 0.450. The topological polar surface area (TPSA) is 82.8 Å². The van der Waals surface area contributed by atoms with Gasteiger partial charge in [-0.2, -0.15) is 0 Å². The highest BCUT2D eigenvalue weighted by atomic mass is 32.2. The van der Waals surface area contributed by atoms with Gasteiger partial charge in [0.25, 0.3) is 5.56 Å². The molecule has 0 aliphatic rings. The molecular formula is C8H12N2O3S. The molecule has 1 aromatic rings. The van der Waals surface area contributed by atoms with Gasteiger partial charge in [-0.1, -0.05) is 13.3 Å². The standard InChI is InChI=1S/C8H12N2O3S/c1-2-3-4-14(13)6-5-9-8(12)10-7(6)11/h5H,2-4H2,1H3,(H2,9,10,11,12). The van der Waals surface area contributed by atoms with Crippen LogP contribution in [-0.4, -0.2) is 19.9 Å². The Bertz CT molecular complexity index is 435. The van der Waals surface area contributed by atoms with Crippen LogP contribution < -0.4 is 11.2 Å². The number of rotatable bonds is 4. The van der Waals surface area contributed by atoms with Crippen molar-refractivity contribution in [1.29, 1.82) is 0 Å². The van der Waals surface area contributed by atoms with Crippen molar-refractivity contribution in [3.05, 3.63) is 27.0 Å². The monoisotopic (exact) mass is 216 g/mol. The summed E-state index contributed by atoms with van der Waals surface area (Å²) in [6.07, 6.45) is 2.94. The second-order valence-corrected chi connectivity index (χ2v) is 4.38. The molecule has 0 spiro atoms. The van der Waals surface area contributed by atoms with E-state index in [1.807, 2.05) is 11.9 Å². The summed E-state index contributed by atoms with van der Waals surface area (Å²) in [7, 11) is -1.32. The van der Waals surface area contributed by atoms with Crippen LogP contribution in [0.1, 0.15) is 19.8 Å². The number of aromatic nitrogens is 2. The molecule has 0 aliphatic heterocycles. The van der Waals surface area contributed by atoms with Crippen LogP contribution in [0.5, 0.6) is 0 Å². The van der Waals surface area contributed by atoms with E-state index in [-0.39, 0.29) is 4.90 Å². The Balaban J connectivity index is 2.91. The zero-order chi connectivity index (χ0) is 10.6. The molecule has 1 aromatic heterocycles. The second-order valence-electron chi connectivity index (χ2n) is 2.84. The first-order chi connectivity index (χ1) is 6.65. The average molecular weight is 216 g/mol. The van der Waals surface area contributed by atoms with Gasteiger partial charge in [-0.25, -0.2) is 4.79 Å². The van der Waals surface area contributed by atoms with Gasteiger partial charge in [-0.05, 0) is 6.42 Å². The summed E-state index contributed by atoms with van der Waals surface area (Å²) in [5, 5.41) is 0. The summed E-state index contributed by atoms with van der Waals surface area (Å²) in [6.45, 7) is 1.98. The number of nitrogens with one attached hydrogen (secondary N) is 2. The van der Waals surface area contributed by atoms with Crippen molar-refractivity contribution in [1.82, 2.24) is 9.97 Å². The average Bonchev–Trinajstić information content (AvgIpc) is 2.14. The van der Waals surface area contributed by atoms with Crippen molar-refractivity contribution >= 4 is 10.8 Å². The first-order valence-corrected chi connectivity index (χ1v) is 5.67. The minimum Gasteiger partial charge on any atom is -0.313 e. The summed E-state index contributed by atoms with van der Waals surface area (Å²) >= 11 is 0. The van der Waals surface area contributed by atoms with Gasteiger partial charge >= 0.3 is 5.69 Å². The fourth-order valence-electron chi connectivity index (χ4n) is 0.952. The predicted molar refractivity (Wildman–Crippen MR) is 53.9 cm³/mol. The fraction of sp³-hybridized carbons (Fsp3) is 0.500. The molecule has 1 unspecified atom stereocenters. The molecule has 14 heavy (non-hydrogen) atoms. The molecule has 2 N–H and O–H groups in total. The van der Waals surface area contributed by atoms with Crippen LogP contribution in [0.4, 0.5) is 0 Å². The van der Waals surface area contributed by atoms with E-state index in [1.54, 1.807) is 0 Å². The Morgan fingerprint density at radius 2 is 2.14 bits per heavy atom. The molecule has 1 rings (SSSR count). The maximum absolute atomic E-state index is 11.5. The van der Waals surface area contributed by atoms with Gasteiger partial charge in [0.05, 0.1) is 10.8 Å². The normalized spacial score (nSPS) is 12.6. The molecule has 0 fully saturated rings. The van der Waals surface area contributed by atoms with Gasteiger partial charge in [-0.15, -0.1) is 0 Å². The number of H-pyrrole nitrogens is 2. The Kier molecular flexibility index (Phi) is 3.82. The van der Waals surface area contributed by atoms with Crippen molar-refractivity contribution in [3.8, 4) is 0 Å². The Hall–Kier alpha value is -1.17. The number of aromatic amines is 2. The molecule has 0 aromatic carbocycles. The highest BCUT2D eigenvalue weighted by molar-refractivity contribution is 7.85. The SMILES string of the molecule is CCCCS(=O)c1c[nH]c(=O)[nH]c1=O. The maximum atomic E-state index is 11.5. The first kappa shape index (κ1) is 10.9. The van der Waals surface area contributed by atoms with E-state index in [1.165, 1.54) is 6.20 Å². The van der Waals surface area contributed by atoms with E-state index >= 15 is 0 Å². The van der Waals surface area contributed by atoms with E-state index in [4.69, 9.17) is 0 Å². The molecule has 0 bridgehead atoms. The number of hydrogen-bond donors (Lipinski definition) is 2. The van der Waals surface area contributed by atoms with Crippen LogP contribution in [0, 0.1) is 0 Å². The molecule has 0 aliphatic carbocycles. The smallest absolute Gasteiger partial charge is 0.313 e. The van der Waals surface area contributed by atoms with Gasteiger partial charge < -0.3 is 4.98 Å². The summed E-state index contributed by atoms with van der Waals surface area (Å²) in [6, 6.07) is 0. The summed E-state index contributed by atoms with van der Waals surface area (Å²) in [5.41, 5.74) is -1.14. The van der Waals surface area contributed by atoms with E-state index in [0.717, 1.165) is 12.8 Å². The van der Waals surface area contributed by atoms with Crippen molar-refractivity contribution in [3.63, 3.8) is 0 Å². The third-order valence-corrected chi connectivity index (χ3v) is 3.17.